The molecule has 1 aromatic heterocycles. The number of carbonyl (C=O) groups excluding carboxylic acids is 1. The summed E-state index contributed by atoms with van der Waals surface area (Å²) in [5.41, 5.74) is 5.05. The molecule has 13 heavy (non-hydrogen) atoms. The van der Waals surface area contributed by atoms with E-state index in [-0.39, 0.29) is 21.5 Å². The van der Waals surface area contributed by atoms with Gasteiger partial charge in [0.05, 0.1) is 13.3 Å². The molecule has 0 aliphatic rings. The lowest BCUT2D eigenvalue weighted by molar-refractivity contribution is 0.0997. The summed E-state index contributed by atoms with van der Waals surface area (Å²) >= 11 is 11.3. The van der Waals surface area contributed by atoms with Crippen molar-refractivity contribution in [2.24, 2.45) is 5.73 Å². The van der Waals surface area contributed by atoms with Gasteiger partial charge in [-0.05, 0) is 0 Å². The van der Waals surface area contributed by atoms with Crippen molar-refractivity contribution in [1.29, 1.82) is 0 Å². The van der Waals surface area contributed by atoms with Crippen LogP contribution < -0.4 is 10.5 Å². The molecule has 0 saturated heterocycles. The molecule has 0 atom stereocenters. The number of pyridine rings is 1. The Labute approximate surface area is 84.6 Å². The molecule has 0 radical (unpaired) electrons. The zero-order chi connectivity index (χ0) is 10.0. The number of nitrogens with two attached hydrogens (primary N) is 1. The number of amides is 1. The third-order valence-electron chi connectivity index (χ3n) is 1.39. The minimum Gasteiger partial charge on any atom is -0.494 e. The van der Waals surface area contributed by atoms with Gasteiger partial charge >= 0.3 is 0 Å². The fourth-order valence-corrected chi connectivity index (χ4v) is 1.31. The first-order valence-electron chi connectivity index (χ1n) is 3.25. The second-order valence-electron chi connectivity index (χ2n) is 2.17. The normalized spacial score (nSPS) is 9.77. The first kappa shape index (κ1) is 10.1. The van der Waals surface area contributed by atoms with Gasteiger partial charge < -0.3 is 10.5 Å². The summed E-state index contributed by atoms with van der Waals surface area (Å²) in [5, 5.41) is 0.175. The highest BCUT2D eigenvalue weighted by molar-refractivity contribution is 6.36. The van der Waals surface area contributed by atoms with Gasteiger partial charge in [-0.3, -0.25) is 4.79 Å². The van der Waals surface area contributed by atoms with Crippen LogP contribution in [0.4, 0.5) is 0 Å². The van der Waals surface area contributed by atoms with Crippen LogP contribution in [0, 0.1) is 0 Å². The third-order valence-corrected chi connectivity index (χ3v) is 1.95. The number of carbonyl (C=O) groups is 1. The average molecular weight is 221 g/mol. The van der Waals surface area contributed by atoms with Gasteiger partial charge in [-0.15, -0.1) is 0 Å². The highest BCUT2D eigenvalue weighted by atomic mass is 35.5. The summed E-state index contributed by atoms with van der Waals surface area (Å²) in [4.78, 5) is 14.6. The second kappa shape index (κ2) is 3.81. The van der Waals surface area contributed by atoms with E-state index >= 15 is 0 Å². The van der Waals surface area contributed by atoms with Gasteiger partial charge in [-0.1, -0.05) is 23.2 Å². The zero-order valence-corrected chi connectivity index (χ0v) is 8.19. The van der Waals surface area contributed by atoms with Crippen molar-refractivity contribution in [3.8, 4) is 5.75 Å². The Morgan fingerprint density at radius 3 is 2.62 bits per heavy atom. The van der Waals surface area contributed by atoms with E-state index in [0.717, 1.165) is 0 Å². The number of primary amides is 1. The maximum absolute atomic E-state index is 10.9. The predicted molar refractivity (Wildman–Crippen MR) is 49.3 cm³/mol. The molecule has 0 fully saturated rings. The number of methoxy groups -OCH3 is 1. The monoisotopic (exact) mass is 220 g/mol. The van der Waals surface area contributed by atoms with Crippen LogP contribution in [0.2, 0.25) is 10.2 Å². The molecule has 1 aromatic rings. The zero-order valence-electron chi connectivity index (χ0n) is 6.67. The molecule has 1 rings (SSSR count). The fraction of sp³-hybridized carbons (Fsp3) is 0.143. The summed E-state index contributed by atoms with van der Waals surface area (Å²) in [7, 11) is 1.37. The lowest BCUT2D eigenvalue weighted by Crippen LogP contribution is -2.14. The molecule has 0 aliphatic carbocycles. The van der Waals surface area contributed by atoms with Crippen LogP contribution in [0.3, 0.4) is 0 Å². The van der Waals surface area contributed by atoms with Gasteiger partial charge in [0.2, 0.25) is 0 Å². The number of rotatable bonds is 2. The number of hydrogen-bond acceptors (Lipinski definition) is 3. The molecule has 6 heteroatoms. The predicted octanol–water partition coefficient (Wildman–Crippen LogP) is 1.50. The van der Waals surface area contributed by atoms with Crippen molar-refractivity contribution in [2.75, 3.05) is 7.11 Å². The molecule has 70 valence electrons. The van der Waals surface area contributed by atoms with Crippen molar-refractivity contribution in [3.63, 3.8) is 0 Å². The maximum Gasteiger partial charge on any atom is 0.255 e. The standard InChI is InChI=1S/C7H6Cl2N2O2/c1-13-5-3(8)2-11-6(9)4(5)7(10)12/h2H,1H3,(H2,10,12). The summed E-state index contributed by atoms with van der Waals surface area (Å²) in [6.07, 6.45) is 1.29. The van der Waals surface area contributed by atoms with Gasteiger partial charge in [0.1, 0.15) is 15.7 Å². The molecule has 1 heterocycles. The van der Waals surface area contributed by atoms with Gasteiger partial charge in [-0.2, -0.15) is 0 Å². The van der Waals surface area contributed by atoms with Crippen LogP contribution in [0.1, 0.15) is 10.4 Å². The van der Waals surface area contributed by atoms with E-state index in [1.807, 2.05) is 0 Å². The van der Waals surface area contributed by atoms with E-state index < -0.39 is 5.91 Å². The Bertz CT molecular complexity index is 355. The summed E-state index contributed by atoms with van der Waals surface area (Å²) < 4.78 is 4.86. The first-order valence-corrected chi connectivity index (χ1v) is 4.01. The van der Waals surface area contributed by atoms with Crippen LogP contribution in [-0.2, 0) is 0 Å². The maximum atomic E-state index is 10.9. The highest BCUT2D eigenvalue weighted by Gasteiger charge is 2.17. The molecule has 1 amide bonds. The molecule has 0 saturated carbocycles. The molecule has 2 N–H and O–H groups in total. The van der Waals surface area contributed by atoms with Crippen molar-refractivity contribution >= 4 is 29.1 Å². The van der Waals surface area contributed by atoms with E-state index in [4.69, 9.17) is 33.7 Å². The molecular weight excluding hydrogens is 215 g/mol. The average Bonchev–Trinajstić information content (AvgIpc) is 2.07. The van der Waals surface area contributed by atoms with Gasteiger partial charge in [0.25, 0.3) is 5.91 Å². The van der Waals surface area contributed by atoms with Crippen LogP contribution in [0.5, 0.6) is 5.75 Å². The van der Waals surface area contributed by atoms with Crippen LogP contribution in [0.25, 0.3) is 0 Å². The quantitative estimate of drug-likeness (QED) is 0.769. The van der Waals surface area contributed by atoms with Gasteiger partial charge in [-0.25, -0.2) is 4.98 Å². The van der Waals surface area contributed by atoms with Crippen molar-refractivity contribution < 1.29 is 9.53 Å². The summed E-state index contributed by atoms with van der Waals surface area (Å²) in [6.45, 7) is 0. The van der Waals surface area contributed by atoms with Crippen LogP contribution in [-0.4, -0.2) is 18.0 Å². The smallest absolute Gasteiger partial charge is 0.255 e. The van der Waals surface area contributed by atoms with Gasteiger partial charge in [0.15, 0.2) is 5.75 Å². The van der Waals surface area contributed by atoms with Gasteiger partial charge in [0, 0.05) is 0 Å². The minimum absolute atomic E-state index is 0.00309. The molecule has 4 nitrogen and oxygen atoms in total. The largest absolute Gasteiger partial charge is 0.494 e. The molecular formula is C7H6Cl2N2O2. The second-order valence-corrected chi connectivity index (χ2v) is 2.93. The Morgan fingerprint density at radius 1 is 1.62 bits per heavy atom. The number of nitrogens with zero attached hydrogens (tertiary/aromatic N) is 1. The number of ether oxygens (including phenoxy) is 1. The van der Waals surface area contributed by atoms with E-state index in [1.165, 1.54) is 13.3 Å². The Hall–Kier alpha value is -1.00. The molecule has 0 unspecified atom stereocenters. The molecule has 0 aromatic carbocycles. The number of hydrogen-bond donors (Lipinski definition) is 1. The Balaban J connectivity index is 3.43. The van der Waals surface area contributed by atoms with Crippen LogP contribution in [0.15, 0.2) is 6.20 Å². The van der Waals surface area contributed by atoms with Crippen LogP contribution >= 0.6 is 23.2 Å². The molecule has 0 aliphatic heterocycles. The number of aromatic nitrogens is 1. The lowest BCUT2D eigenvalue weighted by Gasteiger charge is -2.07. The minimum atomic E-state index is -0.725. The van der Waals surface area contributed by atoms with E-state index in [1.54, 1.807) is 0 Å². The fourth-order valence-electron chi connectivity index (χ4n) is 0.863. The van der Waals surface area contributed by atoms with Crippen molar-refractivity contribution in [1.82, 2.24) is 4.98 Å². The van der Waals surface area contributed by atoms with E-state index in [9.17, 15) is 4.79 Å². The topological polar surface area (TPSA) is 65.2 Å². The Kier molecular flexibility index (Phi) is 2.95. The summed E-state index contributed by atoms with van der Waals surface area (Å²) in [5.74, 6) is -0.578. The molecule has 0 spiro atoms. The highest BCUT2D eigenvalue weighted by Crippen LogP contribution is 2.31. The first-order chi connectivity index (χ1) is 6.07. The van der Waals surface area contributed by atoms with E-state index in [0.29, 0.717) is 0 Å². The third kappa shape index (κ3) is 1.84. The molecule has 0 bridgehead atoms. The van der Waals surface area contributed by atoms with Crippen molar-refractivity contribution in [2.45, 2.75) is 0 Å². The summed E-state index contributed by atoms with van der Waals surface area (Å²) in [6, 6.07) is 0. The van der Waals surface area contributed by atoms with Crippen molar-refractivity contribution in [3.05, 3.63) is 21.9 Å². The van der Waals surface area contributed by atoms with E-state index in [2.05, 4.69) is 4.98 Å². The lowest BCUT2D eigenvalue weighted by atomic mass is 10.2. The number of halogens is 2. The Morgan fingerprint density at radius 2 is 2.23 bits per heavy atom. The SMILES string of the molecule is COc1c(Cl)cnc(Cl)c1C(N)=O.